The molecule has 1 rings (SSSR count). The van der Waals surface area contributed by atoms with E-state index < -0.39 is 0 Å². The summed E-state index contributed by atoms with van der Waals surface area (Å²) in [5.74, 6) is 1.60. The summed E-state index contributed by atoms with van der Waals surface area (Å²) in [6.45, 7) is 17.5. The van der Waals surface area contributed by atoms with Crippen molar-refractivity contribution >= 4 is 29.9 Å². The number of likely N-dealkylation sites (N-methyl/N-ethyl adjacent to an activating group) is 1. The molecule has 0 aromatic rings. The Morgan fingerprint density at radius 2 is 1.76 bits per heavy atom. The zero-order valence-electron chi connectivity index (χ0n) is 16.9. The average molecular weight is 469 g/mol. The lowest BCUT2D eigenvalue weighted by Gasteiger charge is -2.35. The topological polar surface area (TPSA) is 52.1 Å². The van der Waals surface area contributed by atoms with Crippen LogP contribution in [0.4, 0.5) is 0 Å². The highest BCUT2D eigenvalue weighted by Crippen LogP contribution is 2.05. The van der Waals surface area contributed by atoms with Gasteiger partial charge >= 0.3 is 0 Å². The number of nitrogens with zero attached hydrogens (tertiary/aromatic N) is 3. The standard InChI is InChI=1S/C18H39N5O.HI/c1-6-19-18(20-8-14-24-13-7-16(2)3)21-15-17(4)23-11-9-22(5)10-12-23;/h16-17H,6-15H2,1-5H3,(H2,19,20,21);1H. The van der Waals surface area contributed by atoms with Crippen molar-refractivity contribution < 1.29 is 4.74 Å². The molecule has 0 aliphatic carbocycles. The minimum absolute atomic E-state index is 0. The van der Waals surface area contributed by atoms with E-state index in [9.17, 15) is 0 Å². The van der Waals surface area contributed by atoms with Gasteiger partial charge in [0.1, 0.15) is 0 Å². The van der Waals surface area contributed by atoms with E-state index in [-0.39, 0.29) is 24.0 Å². The van der Waals surface area contributed by atoms with E-state index in [4.69, 9.17) is 9.73 Å². The van der Waals surface area contributed by atoms with E-state index in [2.05, 4.69) is 55.2 Å². The molecule has 2 N–H and O–H groups in total. The van der Waals surface area contributed by atoms with Crippen molar-refractivity contribution in [1.29, 1.82) is 0 Å². The van der Waals surface area contributed by atoms with Gasteiger partial charge in [-0.25, -0.2) is 0 Å². The molecular formula is C18H40IN5O. The van der Waals surface area contributed by atoms with Crippen LogP contribution in [-0.4, -0.2) is 87.9 Å². The summed E-state index contributed by atoms with van der Waals surface area (Å²) in [5, 5.41) is 6.67. The largest absolute Gasteiger partial charge is 0.380 e. The number of hydrogen-bond donors (Lipinski definition) is 2. The van der Waals surface area contributed by atoms with Crippen molar-refractivity contribution in [3.8, 4) is 0 Å². The molecule has 1 fully saturated rings. The molecule has 25 heavy (non-hydrogen) atoms. The van der Waals surface area contributed by atoms with E-state index in [0.29, 0.717) is 12.0 Å². The maximum absolute atomic E-state index is 5.65. The molecule has 0 saturated carbocycles. The van der Waals surface area contributed by atoms with Crippen LogP contribution in [0.1, 0.15) is 34.1 Å². The van der Waals surface area contributed by atoms with Crippen molar-refractivity contribution in [1.82, 2.24) is 20.4 Å². The molecule has 6 nitrogen and oxygen atoms in total. The minimum Gasteiger partial charge on any atom is -0.380 e. The second-order valence-corrected chi connectivity index (χ2v) is 7.13. The minimum atomic E-state index is 0. The number of piperazine rings is 1. The van der Waals surface area contributed by atoms with Crippen LogP contribution in [0.2, 0.25) is 0 Å². The first kappa shape index (κ1) is 24.9. The number of rotatable bonds is 10. The first-order valence-electron chi connectivity index (χ1n) is 9.55. The summed E-state index contributed by atoms with van der Waals surface area (Å²) >= 11 is 0. The highest BCUT2D eigenvalue weighted by molar-refractivity contribution is 14.0. The summed E-state index contributed by atoms with van der Waals surface area (Å²) < 4.78 is 5.65. The van der Waals surface area contributed by atoms with Crippen LogP contribution in [0.3, 0.4) is 0 Å². The van der Waals surface area contributed by atoms with Gasteiger partial charge in [0, 0.05) is 51.9 Å². The number of guanidine groups is 1. The Kier molecular flexibility index (Phi) is 14.9. The molecule has 0 aromatic carbocycles. The molecule has 0 aromatic heterocycles. The van der Waals surface area contributed by atoms with Crippen LogP contribution in [0.25, 0.3) is 0 Å². The molecule has 1 aliphatic heterocycles. The molecule has 1 atom stereocenters. The van der Waals surface area contributed by atoms with Gasteiger partial charge in [0.15, 0.2) is 5.96 Å². The Hall–Kier alpha value is -0.120. The number of nitrogens with one attached hydrogen (secondary N) is 2. The molecule has 7 heteroatoms. The Labute approximate surface area is 172 Å². The summed E-state index contributed by atoms with van der Waals surface area (Å²) in [4.78, 5) is 9.65. The Morgan fingerprint density at radius 3 is 2.36 bits per heavy atom. The highest BCUT2D eigenvalue weighted by atomic mass is 127. The van der Waals surface area contributed by atoms with Crippen molar-refractivity contribution in [3.63, 3.8) is 0 Å². The molecular weight excluding hydrogens is 429 g/mol. The third-order valence-electron chi connectivity index (χ3n) is 4.40. The number of halogens is 1. The van der Waals surface area contributed by atoms with Crippen LogP contribution in [-0.2, 0) is 4.74 Å². The van der Waals surface area contributed by atoms with Crippen LogP contribution in [0.15, 0.2) is 4.99 Å². The van der Waals surface area contributed by atoms with Crippen molar-refractivity contribution in [3.05, 3.63) is 0 Å². The number of aliphatic imine (C=N–C) groups is 1. The number of hydrogen-bond acceptors (Lipinski definition) is 4. The van der Waals surface area contributed by atoms with Gasteiger partial charge in [-0.3, -0.25) is 9.89 Å². The monoisotopic (exact) mass is 469 g/mol. The SMILES string of the molecule is CCNC(=NCC(C)N1CCN(C)CC1)NCCOCCC(C)C.I. The Bertz CT molecular complexity index is 346. The smallest absolute Gasteiger partial charge is 0.191 e. The molecule has 1 unspecified atom stereocenters. The fourth-order valence-electron chi connectivity index (χ4n) is 2.61. The van der Waals surface area contributed by atoms with E-state index in [1.807, 2.05) is 0 Å². The normalized spacial score (nSPS) is 18.1. The highest BCUT2D eigenvalue weighted by Gasteiger charge is 2.18. The molecule has 0 radical (unpaired) electrons. The van der Waals surface area contributed by atoms with E-state index in [1.165, 1.54) is 0 Å². The fraction of sp³-hybridized carbons (Fsp3) is 0.944. The summed E-state index contributed by atoms with van der Waals surface area (Å²) in [6.07, 6.45) is 1.12. The average Bonchev–Trinajstić information content (AvgIpc) is 2.55. The Balaban J connectivity index is 0.00000576. The first-order valence-corrected chi connectivity index (χ1v) is 9.55. The van der Waals surface area contributed by atoms with Gasteiger partial charge in [0.05, 0.1) is 13.2 Å². The molecule has 1 heterocycles. The molecule has 1 aliphatic rings. The zero-order chi connectivity index (χ0) is 17.8. The van der Waals surface area contributed by atoms with Gasteiger partial charge in [-0.2, -0.15) is 0 Å². The molecule has 150 valence electrons. The third-order valence-corrected chi connectivity index (χ3v) is 4.40. The molecule has 0 spiro atoms. The fourth-order valence-corrected chi connectivity index (χ4v) is 2.61. The van der Waals surface area contributed by atoms with E-state index >= 15 is 0 Å². The maximum atomic E-state index is 5.65. The van der Waals surface area contributed by atoms with Gasteiger partial charge in [-0.1, -0.05) is 13.8 Å². The van der Waals surface area contributed by atoms with Crippen LogP contribution >= 0.6 is 24.0 Å². The van der Waals surface area contributed by atoms with E-state index in [1.54, 1.807) is 0 Å². The van der Waals surface area contributed by atoms with Gasteiger partial charge < -0.3 is 20.3 Å². The summed E-state index contributed by atoms with van der Waals surface area (Å²) in [5.41, 5.74) is 0. The summed E-state index contributed by atoms with van der Waals surface area (Å²) in [7, 11) is 2.19. The van der Waals surface area contributed by atoms with Gasteiger partial charge in [0.25, 0.3) is 0 Å². The molecule has 0 bridgehead atoms. The molecule has 1 saturated heterocycles. The summed E-state index contributed by atoms with van der Waals surface area (Å²) in [6, 6.07) is 0.483. The quantitative estimate of drug-likeness (QED) is 0.222. The van der Waals surface area contributed by atoms with Crippen molar-refractivity contribution in [2.75, 3.05) is 66.1 Å². The zero-order valence-corrected chi connectivity index (χ0v) is 19.2. The van der Waals surface area contributed by atoms with Gasteiger partial charge in [-0.05, 0) is 33.2 Å². The Morgan fingerprint density at radius 1 is 1.08 bits per heavy atom. The predicted molar refractivity (Wildman–Crippen MR) is 118 cm³/mol. The molecule has 0 amide bonds. The first-order chi connectivity index (χ1) is 11.5. The van der Waals surface area contributed by atoms with Crippen LogP contribution < -0.4 is 10.6 Å². The van der Waals surface area contributed by atoms with Crippen LogP contribution in [0, 0.1) is 5.92 Å². The van der Waals surface area contributed by atoms with Gasteiger partial charge in [-0.15, -0.1) is 24.0 Å². The van der Waals surface area contributed by atoms with Crippen LogP contribution in [0.5, 0.6) is 0 Å². The van der Waals surface area contributed by atoms with Gasteiger partial charge in [0.2, 0.25) is 0 Å². The van der Waals surface area contributed by atoms with Crippen molar-refractivity contribution in [2.24, 2.45) is 10.9 Å². The second kappa shape index (κ2) is 15.0. The van der Waals surface area contributed by atoms with E-state index in [0.717, 1.165) is 71.4 Å². The lowest BCUT2D eigenvalue weighted by Crippen LogP contribution is -2.49. The second-order valence-electron chi connectivity index (χ2n) is 7.13. The third kappa shape index (κ3) is 12.0. The predicted octanol–water partition coefficient (Wildman–Crippen LogP) is 1.86. The van der Waals surface area contributed by atoms with Crippen molar-refractivity contribution in [2.45, 2.75) is 40.2 Å². The number of ether oxygens (including phenoxy) is 1. The lowest BCUT2D eigenvalue weighted by molar-refractivity contribution is 0.122. The lowest BCUT2D eigenvalue weighted by atomic mass is 10.1. The maximum Gasteiger partial charge on any atom is 0.191 e.